The summed E-state index contributed by atoms with van der Waals surface area (Å²) in [6.45, 7) is 3.42. The summed E-state index contributed by atoms with van der Waals surface area (Å²) in [6.07, 6.45) is 4.87. The number of likely N-dealkylation sites (tertiary alicyclic amines) is 1. The van der Waals surface area contributed by atoms with Crippen molar-refractivity contribution >= 4 is 11.8 Å². The summed E-state index contributed by atoms with van der Waals surface area (Å²) in [5.41, 5.74) is 1.11. The smallest absolute Gasteiger partial charge is 0.225 e. The molecule has 1 aliphatic carbocycles. The molecule has 1 saturated carbocycles. The number of nitrogens with zero attached hydrogens (tertiary/aromatic N) is 1. The minimum atomic E-state index is -0.189. The highest BCUT2D eigenvalue weighted by Crippen LogP contribution is 2.25. The Bertz CT molecular complexity index is 550. The summed E-state index contributed by atoms with van der Waals surface area (Å²) >= 11 is 0. The molecule has 0 spiro atoms. The lowest BCUT2D eigenvalue weighted by molar-refractivity contribution is -0.129. The number of rotatable bonds is 4. The molecular formula is C19H26N2O2. The van der Waals surface area contributed by atoms with Gasteiger partial charge in [-0.05, 0) is 37.2 Å². The monoisotopic (exact) mass is 314 g/mol. The van der Waals surface area contributed by atoms with Gasteiger partial charge in [0, 0.05) is 25.6 Å². The lowest BCUT2D eigenvalue weighted by atomic mass is 9.87. The molecular weight excluding hydrogens is 288 g/mol. The van der Waals surface area contributed by atoms with Crippen molar-refractivity contribution in [1.82, 2.24) is 10.2 Å². The van der Waals surface area contributed by atoms with Gasteiger partial charge in [0.2, 0.25) is 11.8 Å². The Balaban J connectivity index is 1.51. The third-order valence-corrected chi connectivity index (χ3v) is 5.16. The Hall–Kier alpha value is -1.84. The lowest BCUT2D eigenvalue weighted by Crippen LogP contribution is -2.41. The van der Waals surface area contributed by atoms with Gasteiger partial charge in [-0.1, -0.05) is 37.3 Å². The second-order valence-electron chi connectivity index (χ2n) is 7.13. The molecule has 1 aromatic rings. The van der Waals surface area contributed by atoms with Crippen LogP contribution in [0.5, 0.6) is 0 Å². The molecule has 23 heavy (non-hydrogen) atoms. The average molecular weight is 314 g/mol. The topological polar surface area (TPSA) is 49.4 Å². The first-order valence-electron chi connectivity index (χ1n) is 8.74. The second-order valence-corrected chi connectivity index (χ2v) is 7.13. The molecule has 1 atom stereocenters. The number of amides is 2. The van der Waals surface area contributed by atoms with Gasteiger partial charge in [0.1, 0.15) is 0 Å². The SMILES string of the molecule is CC1CCC(NC(=O)C2CC(=O)N(Cc3ccccc3)C2)CC1. The van der Waals surface area contributed by atoms with Crippen LogP contribution < -0.4 is 5.32 Å². The van der Waals surface area contributed by atoms with E-state index in [0.717, 1.165) is 24.3 Å². The van der Waals surface area contributed by atoms with Crippen LogP contribution in [-0.2, 0) is 16.1 Å². The van der Waals surface area contributed by atoms with Gasteiger partial charge in [-0.25, -0.2) is 0 Å². The fourth-order valence-corrected chi connectivity index (χ4v) is 3.63. The Morgan fingerprint density at radius 2 is 1.87 bits per heavy atom. The second kappa shape index (κ2) is 7.16. The van der Waals surface area contributed by atoms with E-state index in [1.807, 2.05) is 35.2 Å². The Morgan fingerprint density at radius 3 is 2.57 bits per heavy atom. The van der Waals surface area contributed by atoms with E-state index in [1.165, 1.54) is 12.8 Å². The van der Waals surface area contributed by atoms with E-state index in [9.17, 15) is 9.59 Å². The summed E-state index contributed by atoms with van der Waals surface area (Å²) in [4.78, 5) is 26.4. The van der Waals surface area contributed by atoms with Gasteiger partial charge in [-0.3, -0.25) is 9.59 Å². The fraction of sp³-hybridized carbons (Fsp3) is 0.579. The molecule has 0 bridgehead atoms. The first-order chi connectivity index (χ1) is 11.1. The van der Waals surface area contributed by atoms with Gasteiger partial charge in [-0.2, -0.15) is 0 Å². The summed E-state index contributed by atoms with van der Waals surface area (Å²) < 4.78 is 0. The lowest BCUT2D eigenvalue weighted by Gasteiger charge is -2.27. The van der Waals surface area contributed by atoms with Crippen molar-refractivity contribution in [2.75, 3.05) is 6.54 Å². The largest absolute Gasteiger partial charge is 0.353 e. The van der Waals surface area contributed by atoms with E-state index in [4.69, 9.17) is 0 Å². The number of nitrogens with one attached hydrogen (secondary N) is 1. The Labute approximate surface area is 138 Å². The van der Waals surface area contributed by atoms with Gasteiger partial charge < -0.3 is 10.2 Å². The van der Waals surface area contributed by atoms with Crippen LogP contribution in [-0.4, -0.2) is 29.3 Å². The van der Waals surface area contributed by atoms with Crippen molar-refractivity contribution in [2.45, 2.75) is 51.6 Å². The molecule has 0 aromatic heterocycles. The maximum Gasteiger partial charge on any atom is 0.225 e. The summed E-state index contributed by atoms with van der Waals surface area (Å²) in [7, 11) is 0. The normalized spacial score (nSPS) is 28.0. The van der Waals surface area contributed by atoms with Gasteiger partial charge in [0.15, 0.2) is 0 Å². The summed E-state index contributed by atoms with van der Waals surface area (Å²) in [6, 6.07) is 10.3. The first-order valence-corrected chi connectivity index (χ1v) is 8.74. The number of hydrogen-bond acceptors (Lipinski definition) is 2. The molecule has 1 N–H and O–H groups in total. The highest BCUT2D eigenvalue weighted by molar-refractivity contribution is 5.89. The molecule has 0 radical (unpaired) electrons. The summed E-state index contributed by atoms with van der Waals surface area (Å²) in [5.74, 6) is 0.739. The third-order valence-electron chi connectivity index (χ3n) is 5.16. The Kier molecular flexibility index (Phi) is 4.99. The van der Waals surface area contributed by atoms with Crippen molar-refractivity contribution in [1.29, 1.82) is 0 Å². The maximum atomic E-state index is 12.4. The fourth-order valence-electron chi connectivity index (χ4n) is 3.63. The Morgan fingerprint density at radius 1 is 1.17 bits per heavy atom. The average Bonchev–Trinajstić information content (AvgIpc) is 2.92. The van der Waals surface area contributed by atoms with E-state index in [2.05, 4.69) is 12.2 Å². The quantitative estimate of drug-likeness (QED) is 0.929. The van der Waals surface area contributed by atoms with E-state index >= 15 is 0 Å². The van der Waals surface area contributed by atoms with Crippen molar-refractivity contribution in [3.05, 3.63) is 35.9 Å². The molecule has 1 saturated heterocycles. The highest BCUT2D eigenvalue weighted by atomic mass is 16.2. The zero-order chi connectivity index (χ0) is 16.2. The maximum absolute atomic E-state index is 12.4. The van der Waals surface area contributed by atoms with Crippen molar-refractivity contribution in [3.8, 4) is 0 Å². The van der Waals surface area contributed by atoms with Gasteiger partial charge in [0.25, 0.3) is 0 Å². The zero-order valence-electron chi connectivity index (χ0n) is 13.8. The van der Waals surface area contributed by atoms with Gasteiger partial charge in [-0.15, -0.1) is 0 Å². The minimum absolute atomic E-state index is 0.0634. The van der Waals surface area contributed by atoms with Crippen LogP contribution in [0.15, 0.2) is 30.3 Å². The van der Waals surface area contributed by atoms with Gasteiger partial charge >= 0.3 is 0 Å². The molecule has 4 heteroatoms. The molecule has 1 aliphatic heterocycles. The van der Waals surface area contributed by atoms with Crippen LogP contribution in [0.4, 0.5) is 0 Å². The molecule has 1 aromatic carbocycles. The zero-order valence-corrected chi connectivity index (χ0v) is 13.8. The molecule has 3 rings (SSSR count). The number of carbonyl (C=O) groups excluding carboxylic acids is 2. The van der Waals surface area contributed by atoms with Crippen LogP contribution in [0.1, 0.15) is 44.6 Å². The predicted octanol–water partition coefficient (Wildman–Crippen LogP) is 2.73. The molecule has 2 amide bonds. The number of hydrogen-bond donors (Lipinski definition) is 1. The van der Waals surface area contributed by atoms with Crippen LogP contribution >= 0.6 is 0 Å². The van der Waals surface area contributed by atoms with Crippen molar-refractivity contribution < 1.29 is 9.59 Å². The highest BCUT2D eigenvalue weighted by Gasteiger charge is 2.35. The minimum Gasteiger partial charge on any atom is -0.353 e. The van der Waals surface area contributed by atoms with E-state index < -0.39 is 0 Å². The van der Waals surface area contributed by atoms with Gasteiger partial charge in [0.05, 0.1) is 5.92 Å². The molecule has 2 fully saturated rings. The first kappa shape index (κ1) is 16.0. The van der Waals surface area contributed by atoms with E-state index in [-0.39, 0.29) is 17.7 Å². The molecule has 2 aliphatic rings. The van der Waals surface area contributed by atoms with Crippen LogP contribution in [0.25, 0.3) is 0 Å². The van der Waals surface area contributed by atoms with Crippen LogP contribution in [0.3, 0.4) is 0 Å². The molecule has 1 unspecified atom stereocenters. The number of carbonyl (C=O) groups is 2. The van der Waals surface area contributed by atoms with Crippen LogP contribution in [0, 0.1) is 11.8 Å². The predicted molar refractivity (Wildman–Crippen MR) is 89.5 cm³/mol. The molecule has 124 valence electrons. The summed E-state index contributed by atoms with van der Waals surface area (Å²) in [5, 5.41) is 3.17. The standard InChI is InChI=1S/C19H26N2O2/c1-14-7-9-17(10-8-14)20-19(23)16-11-18(22)21(13-16)12-15-5-3-2-4-6-15/h2-6,14,16-17H,7-13H2,1H3,(H,20,23). The van der Waals surface area contributed by atoms with Crippen molar-refractivity contribution in [3.63, 3.8) is 0 Å². The van der Waals surface area contributed by atoms with E-state index in [1.54, 1.807) is 0 Å². The van der Waals surface area contributed by atoms with Crippen LogP contribution in [0.2, 0.25) is 0 Å². The van der Waals surface area contributed by atoms with E-state index in [0.29, 0.717) is 25.6 Å². The third kappa shape index (κ3) is 4.12. The molecule has 4 nitrogen and oxygen atoms in total. The number of benzene rings is 1. The van der Waals surface area contributed by atoms with Crippen molar-refractivity contribution in [2.24, 2.45) is 11.8 Å². The molecule has 1 heterocycles.